The monoisotopic (exact) mass is 343 g/mol. The van der Waals surface area contributed by atoms with Crippen LogP contribution in [-0.2, 0) is 13.6 Å². The van der Waals surface area contributed by atoms with Crippen LogP contribution in [0.25, 0.3) is 0 Å². The third kappa shape index (κ3) is 3.51. The van der Waals surface area contributed by atoms with Crippen LogP contribution in [0.3, 0.4) is 0 Å². The number of rotatable bonds is 6. The van der Waals surface area contributed by atoms with Gasteiger partial charge in [0.05, 0.1) is 17.9 Å². The minimum absolute atomic E-state index is 0.439. The molecule has 0 unspecified atom stereocenters. The lowest BCUT2D eigenvalue weighted by atomic mass is 9.87. The van der Waals surface area contributed by atoms with Crippen molar-refractivity contribution in [3.05, 3.63) is 35.5 Å². The molecule has 2 aliphatic rings. The van der Waals surface area contributed by atoms with Gasteiger partial charge in [-0.05, 0) is 58.3 Å². The number of likely N-dealkylation sites (tertiary alicyclic amines) is 1. The largest absolute Gasteiger partial charge is 0.361 e. The average molecular weight is 343 g/mol. The molecule has 2 aromatic rings. The van der Waals surface area contributed by atoms with Gasteiger partial charge < -0.3 is 9.42 Å². The van der Waals surface area contributed by atoms with Crippen molar-refractivity contribution < 1.29 is 4.52 Å². The van der Waals surface area contributed by atoms with Crippen LogP contribution in [0, 0.1) is 5.92 Å². The van der Waals surface area contributed by atoms with E-state index in [0.29, 0.717) is 17.9 Å². The second kappa shape index (κ2) is 6.92. The average Bonchev–Trinajstić information content (AvgIpc) is 3.18. The van der Waals surface area contributed by atoms with Crippen molar-refractivity contribution in [2.75, 3.05) is 27.2 Å². The molecule has 0 aromatic carbocycles. The summed E-state index contributed by atoms with van der Waals surface area (Å²) in [5, 5.41) is 8.44. The maximum atomic E-state index is 5.50. The van der Waals surface area contributed by atoms with Crippen molar-refractivity contribution >= 4 is 0 Å². The number of piperidine rings is 1. The molecule has 1 saturated heterocycles. The van der Waals surface area contributed by atoms with E-state index in [1.54, 1.807) is 0 Å². The Kier molecular flexibility index (Phi) is 4.65. The Morgan fingerprint density at radius 3 is 2.84 bits per heavy atom. The molecule has 3 heterocycles. The molecule has 0 radical (unpaired) electrons. The van der Waals surface area contributed by atoms with E-state index in [0.717, 1.165) is 25.4 Å². The fourth-order valence-electron chi connectivity index (χ4n) is 4.42. The highest BCUT2D eigenvalue weighted by Gasteiger charge is 2.34. The molecule has 0 spiro atoms. The molecule has 25 heavy (non-hydrogen) atoms. The van der Waals surface area contributed by atoms with Crippen LogP contribution in [0.1, 0.15) is 54.7 Å². The van der Waals surface area contributed by atoms with Gasteiger partial charge in [-0.2, -0.15) is 5.10 Å². The van der Waals surface area contributed by atoms with Gasteiger partial charge >= 0.3 is 0 Å². The number of aromatic nitrogens is 3. The lowest BCUT2D eigenvalue weighted by molar-refractivity contribution is 0.0871. The van der Waals surface area contributed by atoms with Gasteiger partial charge in [-0.3, -0.25) is 9.58 Å². The second-order valence-corrected chi connectivity index (χ2v) is 7.89. The van der Waals surface area contributed by atoms with E-state index >= 15 is 0 Å². The molecule has 136 valence electrons. The number of hydrogen-bond acceptors (Lipinski definition) is 5. The topological polar surface area (TPSA) is 50.3 Å². The zero-order valence-corrected chi connectivity index (χ0v) is 15.6. The van der Waals surface area contributed by atoms with Crippen LogP contribution in [0.4, 0.5) is 0 Å². The Bertz CT molecular complexity index is 704. The fraction of sp³-hybridized carbons (Fsp3) is 0.684. The van der Waals surface area contributed by atoms with Gasteiger partial charge in [0.25, 0.3) is 0 Å². The van der Waals surface area contributed by atoms with Gasteiger partial charge in [0.2, 0.25) is 0 Å². The first-order chi connectivity index (χ1) is 12.1. The summed E-state index contributed by atoms with van der Waals surface area (Å²) in [5.41, 5.74) is 2.59. The van der Waals surface area contributed by atoms with Crippen molar-refractivity contribution in [3.8, 4) is 0 Å². The molecule has 2 aromatic heterocycles. The van der Waals surface area contributed by atoms with E-state index in [1.807, 2.05) is 17.1 Å². The minimum Gasteiger partial charge on any atom is -0.361 e. The molecule has 1 aliphatic carbocycles. The SMILES string of the molecule is CN(Cc1cnoc1C1CC1)C[C@@H]1CCCN(C)[C@H]1c1ccnn1C. The van der Waals surface area contributed by atoms with Crippen molar-refractivity contribution in [2.24, 2.45) is 13.0 Å². The molecule has 0 bridgehead atoms. The van der Waals surface area contributed by atoms with Gasteiger partial charge in [-0.15, -0.1) is 0 Å². The Morgan fingerprint density at radius 2 is 2.12 bits per heavy atom. The smallest absolute Gasteiger partial charge is 0.144 e. The summed E-state index contributed by atoms with van der Waals surface area (Å²) < 4.78 is 7.53. The molecule has 6 nitrogen and oxygen atoms in total. The van der Waals surface area contributed by atoms with Gasteiger partial charge in [-0.25, -0.2) is 0 Å². The lowest BCUT2D eigenvalue weighted by Gasteiger charge is -2.40. The van der Waals surface area contributed by atoms with Crippen molar-refractivity contribution in [1.29, 1.82) is 0 Å². The quantitative estimate of drug-likeness (QED) is 0.807. The number of aryl methyl sites for hydroxylation is 1. The summed E-state index contributed by atoms with van der Waals surface area (Å²) >= 11 is 0. The van der Waals surface area contributed by atoms with E-state index in [-0.39, 0.29) is 0 Å². The van der Waals surface area contributed by atoms with Gasteiger partial charge in [0, 0.05) is 37.8 Å². The number of hydrogen-bond donors (Lipinski definition) is 0. The Labute approximate surface area is 149 Å². The van der Waals surface area contributed by atoms with Gasteiger partial charge in [-0.1, -0.05) is 5.16 Å². The fourth-order valence-corrected chi connectivity index (χ4v) is 4.42. The lowest BCUT2D eigenvalue weighted by Crippen LogP contribution is -2.41. The van der Waals surface area contributed by atoms with Crippen LogP contribution < -0.4 is 0 Å². The van der Waals surface area contributed by atoms with E-state index in [2.05, 4.69) is 47.3 Å². The van der Waals surface area contributed by atoms with Crippen LogP contribution in [0.15, 0.2) is 23.0 Å². The summed E-state index contributed by atoms with van der Waals surface area (Å²) in [7, 11) is 6.52. The molecule has 0 amide bonds. The Balaban J connectivity index is 1.45. The van der Waals surface area contributed by atoms with Gasteiger partial charge in [0.1, 0.15) is 5.76 Å². The number of nitrogens with zero attached hydrogens (tertiary/aromatic N) is 5. The third-order valence-electron chi connectivity index (χ3n) is 5.78. The van der Waals surface area contributed by atoms with Crippen molar-refractivity contribution in [3.63, 3.8) is 0 Å². The molecule has 4 rings (SSSR count). The normalized spacial score (nSPS) is 25.0. The molecule has 6 heteroatoms. The molecular formula is C19H29N5O. The van der Waals surface area contributed by atoms with Crippen molar-refractivity contribution in [2.45, 2.75) is 44.2 Å². The first-order valence-electron chi connectivity index (χ1n) is 9.43. The van der Waals surface area contributed by atoms with Crippen molar-refractivity contribution in [1.82, 2.24) is 24.7 Å². The zero-order valence-electron chi connectivity index (χ0n) is 15.6. The standard InChI is InChI=1S/C19H29N5O/c1-22(13-16-11-21-25-19(16)14-6-7-14)12-15-5-4-10-23(2)18(15)17-8-9-20-24(17)3/h8-9,11,14-15,18H,4-7,10,12-13H2,1-3H3/t15-,18+/m0/s1. The summed E-state index contributed by atoms with van der Waals surface area (Å²) in [6, 6.07) is 2.61. The summed E-state index contributed by atoms with van der Waals surface area (Å²) in [5.74, 6) is 2.35. The van der Waals surface area contributed by atoms with Gasteiger partial charge in [0.15, 0.2) is 0 Å². The summed E-state index contributed by atoms with van der Waals surface area (Å²) in [6.45, 7) is 3.16. The maximum absolute atomic E-state index is 5.50. The van der Waals surface area contributed by atoms with E-state index < -0.39 is 0 Å². The Morgan fingerprint density at radius 1 is 1.28 bits per heavy atom. The maximum Gasteiger partial charge on any atom is 0.144 e. The minimum atomic E-state index is 0.439. The van der Waals surface area contributed by atoms with E-state index in [1.165, 1.54) is 36.9 Å². The van der Waals surface area contributed by atoms with Crippen LogP contribution >= 0.6 is 0 Å². The van der Waals surface area contributed by atoms with Crippen LogP contribution in [-0.4, -0.2) is 51.9 Å². The highest BCUT2D eigenvalue weighted by atomic mass is 16.5. The predicted octanol–water partition coefficient (Wildman–Crippen LogP) is 2.80. The Hall–Kier alpha value is -1.66. The van der Waals surface area contributed by atoms with Crippen LogP contribution in [0.2, 0.25) is 0 Å². The molecule has 2 fully saturated rings. The first kappa shape index (κ1) is 16.8. The molecule has 1 saturated carbocycles. The molecule has 0 N–H and O–H groups in total. The molecular weight excluding hydrogens is 314 g/mol. The molecule has 1 aliphatic heterocycles. The summed E-state index contributed by atoms with van der Waals surface area (Å²) in [6.07, 6.45) is 8.87. The zero-order chi connectivity index (χ0) is 17.4. The first-order valence-corrected chi connectivity index (χ1v) is 9.43. The highest BCUT2D eigenvalue weighted by Crippen LogP contribution is 2.42. The second-order valence-electron chi connectivity index (χ2n) is 7.89. The highest BCUT2D eigenvalue weighted by molar-refractivity contribution is 5.21. The van der Waals surface area contributed by atoms with Crippen LogP contribution in [0.5, 0.6) is 0 Å². The predicted molar refractivity (Wildman–Crippen MR) is 96.1 cm³/mol. The molecule has 2 atom stereocenters. The third-order valence-corrected chi connectivity index (χ3v) is 5.78. The van der Waals surface area contributed by atoms with E-state index in [9.17, 15) is 0 Å². The summed E-state index contributed by atoms with van der Waals surface area (Å²) in [4.78, 5) is 4.93. The van der Waals surface area contributed by atoms with E-state index in [4.69, 9.17) is 4.52 Å².